The van der Waals surface area contributed by atoms with Gasteiger partial charge in [0.2, 0.25) is 0 Å². The SMILES string of the molecule is Cc1nn(C)c(N)c1CN(CCO)C1CCCC1. The highest BCUT2D eigenvalue weighted by molar-refractivity contribution is 5.42. The molecule has 0 aromatic carbocycles. The highest BCUT2D eigenvalue weighted by Gasteiger charge is 2.24. The van der Waals surface area contributed by atoms with Crippen molar-refractivity contribution in [2.75, 3.05) is 18.9 Å². The Balaban J connectivity index is 2.12. The molecule has 0 aliphatic heterocycles. The van der Waals surface area contributed by atoms with Gasteiger partial charge in [0.15, 0.2) is 0 Å². The van der Waals surface area contributed by atoms with Crippen molar-refractivity contribution < 1.29 is 5.11 Å². The molecule has 3 N–H and O–H groups in total. The van der Waals surface area contributed by atoms with E-state index in [4.69, 9.17) is 5.73 Å². The van der Waals surface area contributed by atoms with E-state index in [0.29, 0.717) is 6.04 Å². The Kier molecular flexibility index (Phi) is 4.24. The monoisotopic (exact) mass is 252 g/mol. The normalized spacial score (nSPS) is 16.9. The minimum absolute atomic E-state index is 0.204. The number of nitrogens with zero attached hydrogens (tertiary/aromatic N) is 3. The van der Waals surface area contributed by atoms with E-state index in [1.54, 1.807) is 4.68 Å². The molecule has 1 heterocycles. The van der Waals surface area contributed by atoms with E-state index in [0.717, 1.165) is 30.2 Å². The van der Waals surface area contributed by atoms with E-state index in [9.17, 15) is 5.11 Å². The number of rotatable bonds is 5. The Morgan fingerprint density at radius 2 is 2.11 bits per heavy atom. The van der Waals surface area contributed by atoms with Gasteiger partial charge in [-0.25, -0.2) is 0 Å². The first kappa shape index (κ1) is 13.4. The summed E-state index contributed by atoms with van der Waals surface area (Å²) in [5.41, 5.74) is 8.16. The van der Waals surface area contributed by atoms with Gasteiger partial charge in [0.25, 0.3) is 0 Å². The second-order valence-corrected chi connectivity index (χ2v) is 5.21. The van der Waals surface area contributed by atoms with Gasteiger partial charge >= 0.3 is 0 Å². The first-order chi connectivity index (χ1) is 8.63. The van der Waals surface area contributed by atoms with Crippen molar-refractivity contribution in [1.82, 2.24) is 14.7 Å². The number of anilines is 1. The molecule has 5 nitrogen and oxygen atoms in total. The van der Waals surface area contributed by atoms with Gasteiger partial charge in [-0.05, 0) is 19.8 Å². The first-order valence-corrected chi connectivity index (χ1v) is 6.76. The topological polar surface area (TPSA) is 67.3 Å². The van der Waals surface area contributed by atoms with Gasteiger partial charge in [-0.2, -0.15) is 5.10 Å². The lowest BCUT2D eigenvalue weighted by Crippen LogP contribution is -2.35. The minimum Gasteiger partial charge on any atom is -0.395 e. The summed E-state index contributed by atoms with van der Waals surface area (Å²) in [6, 6.07) is 0.594. The summed E-state index contributed by atoms with van der Waals surface area (Å²) in [6.07, 6.45) is 5.07. The summed E-state index contributed by atoms with van der Waals surface area (Å²) in [6.45, 7) is 3.72. The zero-order valence-electron chi connectivity index (χ0n) is 11.4. The summed E-state index contributed by atoms with van der Waals surface area (Å²) in [7, 11) is 1.87. The average Bonchev–Trinajstić information content (AvgIpc) is 2.93. The van der Waals surface area contributed by atoms with Crippen LogP contribution in [-0.4, -0.2) is 39.0 Å². The number of nitrogens with two attached hydrogens (primary N) is 1. The van der Waals surface area contributed by atoms with Gasteiger partial charge in [0.1, 0.15) is 5.82 Å². The third-order valence-electron chi connectivity index (χ3n) is 3.98. The zero-order valence-corrected chi connectivity index (χ0v) is 11.4. The van der Waals surface area contributed by atoms with Crippen LogP contribution in [0.25, 0.3) is 0 Å². The van der Waals surface area contributed by atoms with Crippen LogP contribution < -0.4 is 5.73 Å². The van der Waals surface area contributed by atoms with Crippen molar-refractivity contribution in [3.05, 3.63) is 11.3 Å². The molecule has 5 heteroatoms. The van der Waals surface area contributed by atoms with E-state index in [1.165, 1.54) is 25.7 Å². The van der Waals surface area contributed by atoms with Crippen LogP contribution in [0.2, 0.25) is 0 Å². The fourth-order valence-corrected chi connectivity index (χ4v) is 2.91. The molecule has 1 fully saturated rings. The molecule has 18 heavy (non-hydrogen) atoms. The maximum atomic E-state index is 9.23. The molecule has 0 radical (unpaired) electrons. The van der Waals surface area contributed by atoms with E-state index in [1.807, 2.05) is 14.0 Å². The van der Waals surface area contributed by atoms with Gasteiger partial charge in [-0.1, -0.05) is 12.8 Å². The number of nitrogen functional groups attached to an aromatic ring is 1. The third-order valence-corrected chi connectivity index (χ3v) is 3.98. The third kappa shape index (κ3) is 2.67. The molecule has 1 aliphatic carbocycles. The number of aliphatic hydroxyl groups excluding tert-OH is 1. The number of hydrogen-bond donors (Lipinski definition) is 2. The second kappa shape index (κ2) is 5.71. The summed E-state index contributed by atoms with van der Waals surface area (Å²) in [5, 5.41) is 13.6. The van der Waals surface area contributed by atoms with Crippen LogP contribution in [0.4, 0.5) is 5.82 Å². The van der Waals surface area contributed by atoms with E-state index in [2.05, 4.69) is 10.00 Å². The smallest absolute Gasteiger partial charge is 0.126 e. The molecule has 2 rings (SSSR count). The summed E-state index contributed by atoms with van der Waals surface area (Å²) in [4.78, 5) is 2.35. The van der Waals surface area contributed by atoms with Gasteiger partial charge in [0, 0.05) is 31.7 Å². The van der Waals surface area contributed by atoms with Gasteiger partial charge in [-0.15, -0.1) is 0 Å². The molecule has 102 valence electrons. The largest absolute Gasteiger partial charge is 0.395 e. The molecule has 1 aromatic heterocycles. The highest BCUT2D eigenvalue weighted by atomic mass is 16.3. The summed E-state index contributed by atoms with van der Waals surface area (Å²) < 4.78 is 1.73. The quantitative estimate of drug-likeness (QED) is 0.822. The molecular weight excluding hydrogens is 228 g/mol. The molecule has 0 atom stereocenters. The number of aryl methyl sites for hydroxylation is 2. The molecule has 1 saturated carbocycles. The van der Waals surface area contributed by atoms with Crippen molar-refractivity contribution in [3.8, 4) is 0 Å². The number of aliphatic hydroxyl groups is 1. The molecular formula is C13H24N4O. The molecule has 0 spiro atoms. The Morgan fingerprint density at radius 1 is 1.44 bits per heavy atom. The van der Waals surface area contributed by atoms with E-state index in [-0.39, 0.29) is 6.61 Å². The van der Waals surface area contributed by atoms with Crippen LogP contribution in [0, 0.1) is 6.92 Å². The predicted molar refractivity (Wildman–Crippen MR) is 72.1 cm³/mol. The number of hydrogen-bond acceptors (Lipinski definition) is 4. The fraction of sp³-hybridized carbons (Fsp3) is 0.769. The minimum atomic E-state index is 0.204. The Morgan fingerprint density at radius 3 is 2.61 bits per heavy atom. The van der Waals surface area contributed by atoms with Gasteiger partial charge in [0.05, 0.1) is 12.3 Å². The van der Waals surface area contributed by atoms with Crippen LogP contribution in [0.3, 0.4) is 0 Å². The molecule has 1 aromatic rings. The van der Waals surface area contributed by atoms with Crippen LogP contribution in [-0.2, 0) is 13.6 Å². The maximum absolute atomic E-state index is 9.23. The summed E-state index contributed by atoms with van der Waals surface area (Å²) >= 11 is 0. The summed E-state index contributed by atoms with van der Waals surface area (Å²) in [5.74, 6) is 0.744. The van der Waals surface area contributed by atoms with Crippen molar-refractivity contribution in [2.24, 2.45) is 7.05 Å². The average molecular weight is 252 g/mol. The van der Waals surface area contributed by atoms with Gasteiger partial charge < -0.3 is 10.8 Å². The predicted octanol–water partition coefficient (Wildman–Crippen LogP) is 1.05. The lowest BCUT2D eigenvalue weighted by Gasteiger charge is -2.28. The second-order valence-electron chi connectivity index (χ2n) is 5.21. The molecule has 0 bridgehead atoms. The maximum Gasteiger partial charge on any atom is 0.126 e. The van der Waals surface area contributed by atoms with Crippen LogP contribution in [0.15, 0.2) is 0 Å². The Labute approximate surface area is 109 Å². The van der Waals surface area contributed by atoms with Crippen LogP contribution >= 0.6 is 0 Å². The molecule has 0 amide bonds. The van der Waals surface area contributed by atoms with E-state index >= 15 is 0 Å². The Bertz CT molecular complexity index is 396. The van der Waals surface area contributed by atoms with Gasteiger partial charge in [-0.3, -0.25) is 9.58 Å². The van der Waals surface area contributed by atoms with E-state index < -0.39 is 0 Å². The molecule has 1 aliphatic rings. The lowest BCUT2D eigenvalue weighted by atomic mass is 10.1. The molecule has 0 saturated heterocycles. The Hall–Kier alpha value is -1.07. The van der Waals surface area contributed by atoms with Crippen LogP contribution in [0.5, 0.6) is 0 Å². The zero-order chi connectivity index (χ0) is 13.1. The highest BCUT2D eigenvalue weighted by Crippen LogP contribution is 2.26. The molecule has 0 unspecified atom stereocenters. The lowest BCUT2D eigenvalue weighted by molar-refractivity contribution is 0.145. The van der Waals surface area contributed by atoms with Crippen molar-refractivity contribution in [1.29, 1.82) is 0 Å². The van der Waals surface area contributed by atoms with Crippen molar-refractivity contribution in [3.63, 3.8) is 0 Å². The van der Waals surface area contributed by atoms with Crippen LogP contribution in [0.1, 0.15) is 36.9 Å². The fourth-order valence-electron chi connectivity index (χ4n) is 2.91. The first-order valence-electron chi connectivity index (χ1n) is 6.76. The number of aromatic nitrogens is 2. The standard InChI is InChI=1S/C13H24N4O/c1-10-12(13(14)16(2)15-10)9-17(7-8-18)11-5-3-4-6-11/h11,18H,3-9,14H2,1-2H3. The van der Waals surface area contributed by atoms with Crippen molar-refractivity contribution in [2.45, 2.75) is 45.2 Å². The van der Waals surface area contributed by atoms with Crippen molar-refractivity contribution >= 4 is 5.82 Å².